The molecule has 2 aromatic heterocycles. The molecular weight excluding hydrogens is 576 g/mol. The standard InChI is InChI=1S/C32H32F4N6O2/c33-31(34)32(35,36)21-44-27-7-5-23(6-8-27)25-16-26(20-40-43)30(39-19-25)42-13-11-41(12-14-42)10-2-1-3-24-18-38-29-9-4-22(17-37)15-28(24)29/h4-9,15-16,18-19,31,38H,1-3,10-14,20-21H2. The minimum atomic E-state index is -4.23. The number of halogens is 4. The van der Waals surface area contributed by atoms with E-state index in [0.29, 0.717) is 28.1 Å². The number of nitrogens with one attached hydrogen (secondary N) is 1. The molecule has 12 heteroatoms. The number of alkyl halides is 4. The van der Waals surface area contributed by atoms with Gasteiger partial charge in [-0.25, -0.2) is 13.8 Å². The third-order valence-corrected chi connectivity index (χ3v) is 7.85. The first-order valence-electron chi connectivity index (χ1n) is 14.4. The quantitative estimate of drug-likeness (QED) is 0.102. The number of rotatable bonds is 13. The molecule has 4 aromatic rings. The summed E-state index contributed by atoms with van der Waals surface area (Å²) in [5, 5.41) is 13.4. The molecule has 3 heterocycles. The normalized spacial score (nSPS) is 14.2. The lowest BCUT2D eigenvalue weighted by atomic mass is 10.0. The van der Waals surface area contributed by atoms with Crippen molar-refractivity contribution in [1.29, 1.82) is 5.26 Å². The second-order valence-electron chi connectivity index (χ2n) is 10.8. The minimum Gasteiger partial charge on any atom is -0.487 e. The summed E-state index contributed by atoms with van der Waals surface area (Å²) in [6.07, 6.45) is 2.94. The fourth-order valence-electron chi connectivity index (χ4n) is 5.41. The van der Waals surface area contributed by atoms with E-state index in [1.165, 1.54) is 17.7 Å². The first-order valence-corrected chi connectivity index (χ1v) is 14.4. The Hall–Kier alpha value is -4.50. The zero-order chi connectivity index (χ0) is 31.1. The Labute approximate surface area is 252 Å². The number of aromatic amines is 1. The number of ether oxygens (including phenoxy) is 1. The molecule has 0 amide bonds. The molecule has 230 valence electrons. The molecule has 1 N–H and O–H groups in total. The van der Waals surface area contributed by atoms with Gasteiger partial charge < -0.3 is 14.6 Å². The highest BCUT2D eigenvalue weighted by molar-refractivity contribution is 5.84. The van der Waals surface area contributed by atoms with E-state index < -0.39 is 19.0 Å². The number of pyridine rings is 1. The molecule has 5 rings (SSSR count). The molecule has 0 saturated carbocycles. The molecule has 1 aliphatic heterocycles. The average molecular weight is 609 g/mol. The maximum absolute atomic E-state index is 13.2. The van der Waals surface area contributed by atoms with Gasteiger partial charge >= 0.3 is 12.3 Å². The van der Waals surface area contributed by atoms with Gasteiger partial charge in [-0.3, -0.25) is 4.90 Å². The first kappa shape index (κ1) is 30.9. The molecule has 0 unspecified atom stereocenters. The van der Waals surface area contributed by atoms with Crippen LogP contribution in [-0.4, -0.2) is 66.5 Å². The molecule has 8 nitrogen and oxygen atoms in total. The van der Waals surface area contributed by atoms with Gasteiger partial charge in [0.2, 0.25) is 0 Å². The second kappa shape index (κ2) is 13.9. The molecule has 0 bridgehead atoms. The Balaban J connectivity index is 1.13. The fourth-order valence-corrected chi connectivity index (χ4v) is 5.41. The van der Waals surface area contributed by atoms with E-state index in [1.54, 1.807) is 18.3 Å². The van der Waals surface area contributed by atoms with E-state index in [4.69, 9.17) is 4.74 Å². The van der Waals surface area contributed by atoms with Crippen molar-refractivity contribution in [3.05, 3.63) is 82.5 Å². The van der Waals surface area contributed by atoms with Crippen LogP contribution in [-0.2, 0) is 13.0 Å². The Morgan fingerprint density at radius 3 is 2.50 bits per heavy atom. The number of fused-ring (bicyclic) bond motifs is 1. The van der Waals surface area contributed by atoms with E-state index in [1.807, 2.05) is 30.5 Å². The summed E-state index contributed by atoms with van der Waals surface area (Å²) < 4.78 is 55.9. The van der Waals surface area contributed by atoms with E-state index in [9.17, 15) is 27.7 Å². The number of piperazine rings is 1. The zero-order valence-corrected chi connectivity index (χ0v) is 24.0. The molecule has 0 aliphatic carbocycles. The van der Waals surface area contributed by atoms with Crippen LogP contribution >= 0.6 is 0 Å². The van der Waals surface area contributed by atoms with Gasteiger partial charge in [0.25, 0.3) is 0 Å². The molecule has 0 radical (unpaired) electrons. The van der Waals surface area contributed by atoms with Crippen LogP contribution in [0.15, 0.2) is 66.1 Å². The van der Waals surface area contributed by atoms with Crippen molar-refractivity contribution < 1.29 is 22.3 Å². The number of aryl methyl sites for hydroxylation is 1. The average Bonchev–Trinajstić information content (AvgIpc) is 3.45. The Kier molecular flexibility index (Phi) is 9.75. The van der Waals surface area contributed by atoms with Crippen LogP contribution in [0, 0.1) is 16.2 Å². The van der Waals surface area contributed by atoms with E-state index in [2.05, 4.69) is 31.0 Å². The SMILES string of the molecule is N#Cc1ccc2[nH]cc(CCCCN3CCN(c4ncc(-c5ccc(OCC(F)(F)C(F)F)cc5)cc4CN=O)CC3)c2c1. The van der Waals surface area contributed by atoms with Gasteiger partial charge in [0.1, 0.15) is 18.1 Å². The lowest BCUT2D eigenvalue weighted by molar-refractivity contribution is -0.148. The number of nitrogens with zero attached hydrogens (tertiary/aromatic N) is 5. The number of nitriles is 1. The Morgan fingerprint density at radius 1 is 1.02 bits per heavy atom. The van der Waals surface area contributed by atoms with Crippen molar-refractivity contribution in [1.82, 2.24) is 14.9 Å². The molecule has 1 saturated heterocycles. The van der Waals surface area contributed by atoms with Crippen molar-refractivity contribution in [2.75, 3.05) is 44.2 Å². The number of unbranched alkanes of at least 4 members (excludes halogenated alkanes) is 1. The highest BCUT2D eigenvalue weighted by atomic mass is 19.3. The smallest absolute Gasteiger partial charge is 0.340 e. The number of hydrogen-bond donors (Lipinski definition) is 1. The third kappa shape index (κ3) is 7.34. The predicted molar refractivity (Wildman–Crippen MR) is 160 cm³/mol. The maximum atomic E-state index is 13.2. The summed E-state index contributed by atoms with van der Waals surface area (Å²) >= 11 is 0. The number of benzene rings is 2. The minimum absolute atomic E-state index is 0.0402. The predicted octanol–water partition coefficient (Wildman–Crippen LogP) is 6.79. The van der Waals surface area contributed by atoms with Crippen LogP contribution in [0.1, 0.15) is 29.5 Å². The third-order valence-electron chi connectivity index (χ3n) is 7.85. The van der Waals surface area contributed by atoms with Gasteiger partial charge in [0.15, 0.2) is 6.61 Å². The molecule has 44 heavy (non-hydrogen) atoms. The Morgan fingerprint density at radius 2 is 1.80 bits per heavy atom. The number of aromatic nitrogens is 2. The largest absolute Gasteiger partial charge is 0.487 e. The van der Waals surface area contributed by atoms with Crippen molar-refractivity contribution in [3.63, 3.8) is 0 Å². The van der Waals surface area contributed by atoms with Crippen molar-refractivity contribution in [2.45, 2.75) is 38.2 Å². The monoisotopic (exact) mass is 608 g/mol. The second-order valence-corrected chi connectivity index (χ2v) is 10.8. The van der Waals surface area contributed by atoms with Gasteiger partial charge in [-0.05, 0) is 73.3 Å². The van der Waals surface area contributed by atoms with Crippen LogP contribution < -0.4 is 9.64 Å². The lowest BCUT2D eigenvalue weighted by Crippen LogP contribution is -2.47. The van der Waals surface area contributed by atoms with Crippen LogP contribution in [0.4, 0.5) is 23.4 Å². The Bertz CT molecular complexity index is 1610. The summed E-state index contributed by atoms with van der Waals surface area (Å²) in [5.41, 5.74) is 5.02. The molecule has 0 spiro atoms. The zero-order valence-electron chi connectivity index (χ0n) is 24.0. The topological polar surface area (TPSA) is 97.6 Å². The molecule has 1 fully saturated rings. The summed E-state index contributed by atoms with van der Waals surface area (Å²) in [5.74, 6) is -3.49. The van der Waals surface area contributed by atoms with Crippen LogP contribution in [0.3, 0.4) is 0 Å². The highest BCUT2D eigenvalue weighted by Crippen LogP contribution is 2.29. The number of hydrogen-bond acceptors (Lipinski definition) is 7. The van der Waals surface area contributed by atoms with E-state index >= 15 is 0 Å². The number of nitroso groups, excluding NO2 is 1. The van der Waals surface area contributed by atoms with Crippen LogP contribution in [0.25, 0.3) is 22.0 Å². The molecule has 1 aliphatic rings. The van der Waals surface area contributed by atoms with E-state index in [-0.39, 0.29) is 12.3 Å². The highest BCUT2D eigenvalue weighted by Gasteiger charge is 2.41. The summed E-state index contributed by atoms with van der Waals surface area (Å²) in [4.78, 5) is 23.7. The number of H-pyrrole nitrogens is 1. The first-order chi connectivity index (χ1) is 21.3. The van der Waals surface area contributed by atoms with E-state index in [0.717, 1.165) is 62.9 Å². The molecule has 2 aromatic carbocycles. The fraction of sp³-hybridized carbons (Fsp3) is 0.375. The van der Waals surface area contributed by atoms with Gasteiger partial charge in [0, 0.05) is 60.6 Å². The van der Waals surface area contributed by atoms with Gasteiger partial charge in [-0.15, -0.1) is 0 Å². The van der Waals surface area contributed by atoms with Crippen molar-refractivity contribution in [3.8, 4) is 22.9 Å². The summed E-state index contributed by atoms with van der Waals surface area (Å²) in [6.45, 7) is 2.75. The summed E-state index contributed by atoms with van der Waals surface area (Å²) in [7, 11) is 0. The molecular formula is C32H32F4N6O2. The molecule has 0 atom stereocenters. The maximum Gasteiger partial charge on any atom is 0.340 e. The lowest BCUT2D eigenvalue weighted by Gasteiger charge is -2.36. The van der Waals surface area contributed by atoms with Crippen molar-refractivity contribution in [2.24, 2.45) is 5.18 Å². The summed E-state index contributed by atoms with van der Waals surface area (Å²) in [6, 6.07) is 15.8. The van der Waals surface area contributed by atoms with Gasteiger partial charge in [0.05, 0.1) is 11.6 Å². The van der Waals surface area contributed by atoms with Gasteiger partial charge in [-0.1, -0.05) is 17.3 Å². The van der Waals surface area contributed by atoms with Crippen LogP contribution in [0.5, 0.6) is 5.75 Å². The van der Waals surface area contributed by atoms with Crippen LogP contribution in [0.2, 0.25) is 0 Å². The van der Waals surface area contributed by atoms with Crippen molar-refractivity contribution >= 4 is 16.7 Å². The number of anilines is 1. The van der Waals surface area contributed by atoms with Gasteiger partial charge in [-0.2, -0.15) is 18.9 Å².